The molecule has 1 saturated heterocycles. The lowest BCUT2D eigenvalue weighted by atomic mass is 10.0. The van der Waals surface area contributed by atoms with Gasteiger partial charge in [0.1, 0.15) is 6.61 Å². The highest BCUT2D eigenvalue weighted by Gasteiger charge is 2.30. The molecular formula is C29H39Cl2N3O6. The molecule has 2 aromatic rings. The summed E-state index contributed by atoms with van der Waals surface area (Å²) in [4.78, 5) is 29.6. The topological polar surface area (TPSA) is 89.6 Å². The van der Waals surface area contributed by atoms with Gasteiger partial charge in [-0.25, -0.2) is 4.79 Å². The van der Waals surface area contributed by atoms with E-state index >= 15 is 0 Å². The molecule has 1 aliphatic heterocycles. The molecule has 0 bridgehead atoms. The van der Waals surface area contributed by atoms with Crippen LogP contribution in [0, 0.1) is 0 Å². The Balaban J connectivity index is 1.45. The number of hydrogen-bond acceptors (Lipinski definition) is 7. The number of carbonyl (C=O) groups excluding carboxylic acids is 2. The number of rotatable bonds is 16. The first-order valence-corrected chi connectivity index (χ1v) is 14.2. The van der Waals surface area contributed by atoms with Crippen molar-refractivity contribution in [3.8, 4) is 0 Å². The molecule has 220 valence electrons. The number of benzene rings is 2. The van der Waals surface area contributed by atoms with Gasteiger partial charge in [0.05, 0.1) is 55.5 Å². The zero-order valence-corrected chi connectivity index (χ0v) is 24.7. The Labute approximate surface area is 246 Å². The predicted molar refractivity (Wildman–Crippen MR) is 155 cm³/mol. The van der Waals surface area contributed by atoms with E-state index in [1.165, 1.54) is 0 Å². The highest BCUT2D eigenvalue weighted by molar-refractivity contribution is 6.42. The monoisotopic (exact) mass is 595 g/mol. The van der Waals surface area contributed by atoms with Gasteiger partial charge in [-0.3, -0.25) is 9.69 Å². The fourth-order valence-electron chi connectivity index (χ4n) is 4.48. The van der Waals surface area contributed by atoms with Crippen molar-refractivity contribution < 1.29 is 28.5 Å². The number of halogens is 2. The first kappa shape index (κ1) is 32.1. The number of amides is 2. The van der Waals surface area contributed by atoms with E-state index < -0.39 is 6.09 Å². The van der Waals surface area contributed by atoms with Gasteiger partial charge in [0.15, 0.2) is 0 Å². The van der Waals surface area contributed by atoms with Crippen LogP contribution in [0.5, 0.6) is 0 Å². The van der Waals surface area contributed by atoms with Crippen molar-refractivity contribution in [1.29, 1.82) is 0 Å². The fraction of sp³-hybridized carbons (Fsp3) is 0.517. The Morgan fingerprint density at radius 1 is 1.00 bits per heavy atom. The Morgan fingerprint density at radius 2 is 1.70 bits per heavy atom. The number of hydrogen-bond donors (Lipinski definition) is 1. The van der Waals surface area contributed by atoms with Crippen LogP contribution in [0.3, 0.4) is 0 Å². The van der Waals surface area contributed by atoms with Crippen LogP contribution in [0.25, 0.3) is 0 Å². The zero-order valence-electron chi connectivity index (χ0n) is 23.2. The highest BCUT2D eigenvalue weighted by atomic mass is 35.5. The second-order valence-corrected chi connectivity index (χ2v) is 10.4. The maximum atomic E-state index is 13.3. The fourth-order valence-corrected chi connectivity index (χ4v) is 4.80. The van der Waals surface area contributed by atoms with Crippen LogP contribution in [0.1, 0.15) is 23.6 Å². The summed E-state index contributed by atoms with van der Waals surface area (Å²) >= 11 is 12.2. The summed E-state index contributed by atoms with van der Waals surface area (Å²) in [6, 6.07) is 15.0. The summed E-state index contributed by atoms with van der Waals surface area (Å²) in [5.74, 6) is -0.0200. The molecule has 1 aliphatic rings. The normalized spacial score (nSPS) is 16.1. The van der Waals surface area contributed by atoms with Crippen molar-refractivity contribution in [2.75, 3.05) is 73.4 Å². The van der Waals surface area contributed by atoms with Crippen LogP contribution in [0.15, 0.2) is 48.5 Å². The largest absolute Gasteiger partial charge is 0.447 e. The number of nitrogens with zero attached hydrogens (tertiary/aromatic N) is 2. The Morgan fingerprint density at radius 3 is 2.40 bits per heavy atom. The molecule has 2 atom stereocenters. The van der Waals surface area contributed by atoms with E-state index in [0.717, 1.165) is 24.1 Å². The van der Waals surface area contributed by atoms with Crippen LogP contribution >= 0.6 is 23.2 Å². The molecule has 40 heavy (non-hydrogen) atoms. The number of likely N-dealkylation sites (N-methyl/N-ethyl adjacent to an activating group) is 1. The molecule has 1 N–H and O–H groups in total. The van der Waals surface area contributed by atoms with Crippen molar-refractivity contribution in [3.05, 3.63) is 69.7 Å². The summed E-state index contributed by atoms with van der Waals surface area (Å²) in [5.41, 5.74) is 1.86. The minimum absolute atomic E-state index is 0.0200. The highest BCUT2D eigenvalue weighted by Crippen LogP contribution is 2.26. The molecule has 1 heterocycles. The lowest BCUT2D eigenvalue weighted by molar-refractivity contribution is -0.131. The molecule has 0 aromatic heterocycles. The van der Waals surface area contributed by atoms with E-state index in [2.05, 4.69) is 10.2 Å². The standard InChI is InChI=1S/C29H39Cl2N3O6/c1-33(28(35)19-22-8-9-25(30)26(31)18-22)27(23-6-4-3-5-7-23)21-34-11-10-24(20-34)32-29(36)40-17-16-39-15-14-38-13-12-37-2/h3-9,18,24,27H,10-17,19-21H2,1-2H3,(H,32,36)/t24-,27-/m0/s1. The van der Waals surface area contributed by atoms with Gasteiger partial charge in [-0.2, -0.15) is 0 Å². The van der Waals surface area contributed by atoms with Gasteiger partial charge < -0.3 is 29.2 Å². The second kappa shape index (κ2) is 17.4. The first-order valence-electron chi connectivity index (χ1n) is 13.4. The lowest BCUT2D eigenvalue weighted by Gasteiger charge is -2.32. The lowest BCUT2D eigenvalue weighted by Crippen LogP contribution is -2.41. The smallest absolute Gasteiger partial charge is 0.407 e. The molecule has 0 aliphatic carbocycles. The van der Waals surface area contributed by atoms with E-state index in [1.807, 2.05) is 43.4 Å². The molecule has 0 unspecified atom stereocenters. The average molecular weight is 597 g/mol. The molecule has 9 nitrogen and oxygen atoms in total. The van der Waals surface area contributed by atoms with Crippen molar-refractivity contribution in [3.63, 3.8) is 0 Å². The summed E-state index contributed by atoms with van der Waals surface area (Å²) in [6.07, 6.45) is 0.560. The summed E-state index contributed by atoms with van der Waals surface area (Å²) in [5, 5.41) is 3.83. The summed E-state index contributed by atoms with van der Waals surface area (Å²) < 4.78 is 20.9. The van der Waals surface area contributed by atoms with Crippen molar-refractivity contribution >= 4 is 35.2 Å². The van der Waals surface area contributed by atoms with E-state index in [9.17, 15) is 9.59 Å². The molecule has 0 radical (unpaired) electrons. The number of nitrogens with one attached hydrogen (secondary N) is 1. The van der Waals surface area contributed by atoms with E-state index in [1.54, 1.807) is 24.1 Å². The first-order chi connectivity index (χ1) is 19.4. The molecule has 1 fully saturated rings. The third-order valence-corrected chi connectivity index (χ3v) is 7.41. The van der Waals surface area contributed by atoms with Gasteiger partial charge in [-0.1, -0.05) is 59.6 Å². The number of methoxy groups -OCH3 is 1. The van der Waals surface area contributed by atoms with Gasteiger partial charge in [0.2, 0.25) is 5.91 Å². The maximum Gasteiger partial charge on any atom is 0.407 e. The Bertz CT molecular complexity index is 1060. The van der Waals surface area contributed by atoms with Crippen LogP contribution in [-0.2, 0) is 30.2 Å². The van der Waals surface area contributed by atoms with Crippen LogP contribution in [-0.4, -0.2) is 101 Å². The molecule has 2 amide bonds. The van der Waals surface area contributed by atoms with Crippen LogP contribution in [0.2, 0.25) is 10.0 Å². The SMILES string of the molecule is COCCOCCOCCOC(=O)N[C@H]1CCN(C[C@@H](c2ccccc2)N(C)C(=O)Cc2ccc(Cl)c(Cl)c2)C1. The third-order valence-electron chi connectivity index (χ3n) is 6.67. The minimum atomic E-state index is -0.458. The van der Waals surface area contributed by atoms with Crippen molar-refractivity contribution in [2.24, 2.45) is 0 Å². The molecule has 11 heteroatoms. The van der Waals surface area contributed by atoms with E-state index in [0.29, 0.717) is 56.2 Å². The Hall–Kier alpha value is -2.40. The van der Waals surface area contributed by atoms with Gasteiger partial charge >= 0.3 is 6.09 Å². The van der Waals surface area contributed by atoms with E-state index in [-0.39, 0.29) is 31.0 Å². The van der Waals surface area contributed by atoms with Crippen molar-refractivity contribution in [1.82, 2.24) is 15.1 Å². The third kappa shape index (κ3) is 10.9. The Kier molecular flexibility index (Phi) is 14.0. The molecule has 3 rings (SSSR count). The molecule has 0 saturated carbocycles. The van der Waals surface area contributed by atoms with Crippen molar-refractivity contribution in [2.45, 2.75) is 24.9 Å². The van der Waals surface area contributed by atoms with E-state index in [4.69, 9.17) is 42.1 Å². The minimum Gasteiger partial charge on any atom is -0.447 e. The number of alkyl carbamates (subject to hydrolysis) is 1. The van der Waals surface area contributed by atoms with Crippen LogP contribution < -0.4 is 5.32 Å². The van der Waals surface area contributed by atoms with Gasteiger partial charge in [-0.15, -0.1) is 0 Å². The van der Waals surface area contributed by atoms with Crippen LogP contribution in [0.4, 0.5) is 4.79 Å². The summed E-state index contributed by atoms with van der Waals surface area (Å²) in [7, 11) is 3.45. The molecular weight excluding hydrogens is 557 g/mol. The number of ether oxygens (including phenoxy) is 4. The van der Waals surface area contributed by atoms with Gasteiger partial charge in [0, 0.05) is 39.8 Å². The average Bonchev–Trinajstić information content (AvgIpc) is 3.39. The predicted octanol–water partition coefficient (Wildman–Crippen LogP) is 4.22. The quantitative estimate of drug-likeness (QED) is 0.291. The summed E-state index contributed by atoms with van der Waals surface area (Å²) in [6.45, 7) is 4.55. The number of carbonyl (C=O) groups is 2. The molecule has 0 spiro atoms. The second-order valence-electron chi connectivity index (χ2n) is 9.60. The zero-order chi connectivity index (χ0) is 28.7. The number of likely N-dealkylation sites (tertiary alicyclic amines) is 1. The molecule has 2 aromatic carbocycles. The van der Waals surface area contributed by atoms with Gasteiger partial charge in [0.25, 0.3) is 0 Å². The maximum absolute atomic E-state index is 13.3. The van der Waals surface area contributed by atoms with Gasteiger partial charge in [-0.05, 0) is 29.7 Å².